The normalized spacial score (nSPS) is 11.8. The van der Waals surface area contributed by atoms with Gasteiger partial charge in [-0.15, -0.1) is 0 Å². The molecule has 0 heterocycles. The summed E-state index contributed by atoms with van der Waals surface area (Å²) >= 11 is 17.3. The van der Waals surface area contributed by atoms with Crippen LogP contribution in [0.1, 0.15) is 12.5 Å². The molecule has 0 aliphatic rings. The van der Waals surface area contributed by atoms with E-state index in [-0.39, 0.29) is 15.1 Å². The van der Waals surface area contributed by atoms with E-state index >= 15 is 0 Å². The average molecular weight is 290 g/mol. The Bertz CT molecular complexity index is 496. The van der Waals surface area contributed by atoms with Crippen molar-refractivity contribution in [1.29, 1.82) is 0 Å². The predicted molar refractivity (Wildman–Crippen MR) is 60.7 cm³/mol. The van der Waals surface area contributed by atoms with Crippen molar-refractivity contribution in [2.45, 2.75) is 18.2 Å². The summed E-state index contributed by atoms with van der Waals surface area (Å²) in [5.41, 5.74) is 0.552. The molecule has 0 saturated carbocycles. The standard InChI is InChI=1S/C8H7Cl3O3S/c1-2-4-5(9)3-6(15(12,13)14)8(11)7(4)10/h3H,2H2,1H3,(H,12,13,14). The van der Waals surface area contributed by atoms with E-state index in [4.69, 9.17) is 39.4 Å². The lowest BCUT2D eigenvalue weighted by atomic mass is 10.2. The van der Waals surface area contributed by atoms with Crippen LogP contribution in [0, 0.1) is 0 Å². The van der Waals surface area contributed by atoms with Crippen LogP contribution in [0.5, 0.6) is 0 Å². The van der Waals surface area contributed by atoms with Crippen molar-refractivity contribution in [3.63, 3.8) is 0 Å². The molecule has 15 heavy (non-hydrogen) atoms. The molecule has 0 atom stereocenters. The summed E-state index contributed by atoms with van der Waals surface area (Å²) < 4.78 is 30.7. The fourth-order valence-corrected chi connectivity index (χ4v) is 3.02. The van der Waals surface area contributed by atoms with Crippen LogP contribution in [-0.2, 0) is 16.5 Å². The molecule has 0 bridgehead atoms. The molecule has 0 saturated heterocycles. The predicted octanol–water partition coefficient (Wildman–Crippen LogP) is 3.46. The molecule has 0 fully saturated rings. The van der Waals surface area contributed by atoms with Crippen LogP contribution in [0.4, 0.5) is 0 Å². The first-order chi connectivity index (χ1) is 6.79. The third-order valence-corrected chi connectivity index (χ3v) is 4.09. The van der Waals surface area contributed by atoms with Gasteiger partial charge < -0.3 is 0 Å². The van der Waals surface area contributed by atoms with Crippen molar-refractivity contribution >= 4 is 44.9 Å². The molecule has 1 aromatic carbocycles. The lowest BCUT2D eigenvalue weighted by molar-refractivity contribution is 0.483. The van der Waals surface area contributed by atoms with E-state index in [1.54, 1.807) is 6.92 Å². The van der Waals surface area contributed by atoms with Crippen molar-refractivity contribution in [2.24, 2.45) is 0 Å². The summed E-state index contributed by atoms with van der Waals surface area (Å²) in [6, 6.07) is 1.09. The quantitative estimate of drug-likeness (QED) is 0.670. The minimum atomic E-state index is -4.40. The summed E-state index contributed by atoms with van der Waals surface area (Å²) in [6.07, 6.45) is 0.517. The summed E-state index contributed by atoms with van der Waals surface area (Å²) in [4.78, 5) is -0.476. The first-order valence-corrected chi connectivity index (χ1v) is 6.50. The monoisotopic (exact) mass is 288 g/mol. The second-order valence-electron chi connectivity index (χ2n) is 2.79. The maximum atomic E-state index is 10.9. The summed E-state index contributed by atoms with van der Waals surface area (Å²) in [5.74, 6) is 0. The Morgan fingerprint density at radius 3 is 2.20 bits per heavy atom. The molecule has 0 unspecified atom stereocenters. The van der Waals surface area contributed by atoms with Gasteiger partial charge >= 0.3 is 0 Å². The number of rotatable bonds is 2. The van der Waals surface area contributed by atoms with Crippen LogP contribution in [0.25, 0.3) is 0 Å². The van der Waals surface area contributed by atoms with Crippen molar-refractivity contribution in [2.75, 3.05) is 0 Å². The molecule has 1 N–H and O–H groups in total. The Balaban J connectivity index is 3.62. The van der Waals surface area contributed by atoms with Gasteiger partial charge in [0.05, 0.1) is 10.0 Å². The van der Waals surface area contributed by atoms with E-state index in [1.807, 2.05) is 0 Å². The van der Waals surface area contributed by atoms with Crippen LogP contribution in [-0.4, -0.2) is 13.0 Å². The molecule has 0 aliphatic heterocycles. The Labute approximate surface area is 103 Å². The number of halogens is 3. The number of hydrogen-bond acceptors (Lipinski definition) is 2. The largest absolute Gasteiger partial charge is 0.296 e. The molecule has 84 valence electrons. The van der Waals surface area contributed by atoms with Crippen LogP contribution in [0.3, 0.4) is 0 Å². The van der Waals surface area contributed by atoms with E-state index in [9.17, 15) is 8.42 Å². The molecule has 1 aromatic rings. The Kier molecular flexibility index (Phi) is 3.90. The highest BCUT2D eigenvalue weighted by Gasteiger charge is 2.21. The summed E-state index contributed by atoms with van der Waals surface area (Å²) in [6.45, 7) is 1.80. The number of benzene rings is 1. The molecule has 1 rings (SSSR count). The number of hydrogen-bond donors (Lipinski definition) is 1. The van der Waals surface area contributed by atoms with E-state index in [0.29, 0.717) is 12.0 Å². The zero-order valence-corrected chi connectivity index (χ0v) is 10.7. The highest BCUT2D eigenvalue weighted by molar-refractivity contribution is 7.86. The molecular formula is C8H7Cl3O3S. The highest BCUT2D eigenvalue weighted by Crippen LogP contribution is 2.37. The topological polar surface area (TPSA) is 54.4 Å². The summed E-state index contributed by atoms with van der Waals surface area (Å²) in [5, 5.41) is 0.0132. The molecule has 0 aromatic heterocycles. The molecule has 3 nitrogen and oxygen atoms in total. The van der Waals surface area contributed by atoms with Crippen molar-refractivity contribution in [3.8, 4) is 0 Å². The summed E-state index contributed by atoms with van der Waals surface area (Å²) in [7, 11) is -4.40. The SMILES string of the molecule is CCc1c(Cl)cc(S(=O)(=O)O)c(Cl)c1Cl. The van der Waals surface area contributed by atoms with E-state index in [1.165, 1.54) is 0 Å². The molecule has 0 radical (unpaired) electrons. The Morgan fingerprint density at radius 1 is 1.27 bits per heavy atom. The zero-order chi connectivity index (χ0) is 11.8. The lowest BCUT2D eigenvalue weighted by Crippen LogP contribution is -2.01. The zero-order valence-electron chi connectivity index (χ0n) is 7.59. The fraction of sp³-hybridized carbons (Fsp3) is 0.250. The van der Waals surface area contributed by atoms with Gasteiger partial charge in [0.15, 0.2) is 0 Å². The van der Waals surface area contributed by atoms with Crippen molar-refractivity contribution < 1.29 is 13.0 Å². The van der Waals surface area contributed by atoms with Gasteiger partial charge in [0.25, 0.3) is 10.1 Å². The van der Waals surface area contributed by atoms with Crippen LogP contribution in [0.15, 0.2) is 11.0 Å². The van der Waals surface area contributed by atoms with Crippen LogP contribution >= 0.6 is 34.8 Å². The fourth-order valence-electron chi connectivity index (χ4n) is 1.12. The molecule has 7 heteroatoms. The van der Waals surface area contributed by atoms with Crippen LogP contribution in [0.2, 0.25) is 15.1 Å². The van der Waals surface area contributed by atoms with E-state index < -0.39 is 15.0 Å². The molecular weight excluding hydrogens is 283 g/mol. The van der Waals surface area contributed by atoms with Gasteiger partial charge in [-0.1, -0.05) is 41.7 Å². The molecule has 0 amide bonds. The van der Waals surface area contributed by atoms with E-state index in [2.05, 4.69) is 0 Å². The third-order valence-electron chi connectivity index (χ3n) is 1.85. The molecule has 0 spiro atoms. The van der Waals surface area contributed by atoms with E-state index in [0.717, 1.165) is 6.07 Å². The van der Waals surface area contributed by atoms with Gasteiger partial charge in [-0.25, -0.2) is 0 Å². The average Bonchev–Trinajstić information content (AvgIpc) is 2.10. The minimum absolute atomic E-state index is 0.0549. The first-order valence-electron chi connectivity index (χ1n) is 3.92. The van der Waals surface area contributed by atoms with Gasteiger partial charge in [-0.2, -0.15) is 8.42 Å². The van der Waals surface area contributed by atoms with Gasteiger partial charge in [-0.3, -0.25) is 4.55 Å². The highest BCUT2D eigenvalue weighted by atomic mass is 35.5. The van der Waals surface area contributed by atoms with Gasteiger partial charge in [0.1, 0.15) is 4.90 Å². The lowest BCUT2D eigenvalue weighted by Gasteiger charge is -2.09. The second kappa shape index (κ2) is 4.47. The van der Waals surface area contributed by atoms with Gasteiger partial charge in [0.2, 0.25) is 0 Å². The first kappa shape index (κ1) is 13.1. The maximum absolute atomic E-state index is 10.9. The Morgan fingerprint density at radius 2 is 1.80 bits per heavy atom. The second-order valence-corrected chi connectivity index (χ2v) is 5.34. The minimum Gasteiger partial charge on any atom is -0.282 e. The Hall–Kier alpha value is -0.000000000000000111. The maximum Gasteiger partial charge on any atom is 0.296 e. The van der Waals surface area contributed by atoms with Crippen molar-refractivity contribution in [1.82, 2.24) is 0 Å². The van der Waals surface area contributed by atoms with Gasteiger partial charge in [0, 0.05) is 5.02 Å². The molecule has 0 aliphatic carbocycles. The van der Waals surface area contributed by atoms with Gasteiger partial charge in [-0.05, 0) is 18.1 Å². The van der Waals surface area contributed by atoms with Crippen molar-refractivity contribution in [3.05, 3.63) is 26.7 Å². The van der Waals surface area contributed by atoms with Crippen LogP contribution < -0.4 is 0 Å². The third kappa shape index (κ3) is 2.57. The smallest absolute Gasteiger partial charge is 0.282 e.